The highest BCUT2D eigenvalue weighted by atomic mass is 16.7. The van der Waals surface area contributed by atoms with E-state index in [1.807, 2.05) is 0 Å². The molecule has 0 saturated carbocycles. The first-order chi connectivity index (χ1) is 13.1. The van der Waals surface area contributed by atoms with E-state index in [2.05, 4.69) is 35.5 Å². The van der Waals surface area contributed by atoms with Crippen molar-refractivity contribution >= 4 is 0 Å². The van der Waals surface area contributed by atoms with Crippen molar-refractivity contribution in [1.82, 2.24) is 0 Å². The number of hydrogen-bond acceptors (Lipinski definition) is 2. The van der Waals surface area contributed by atoms with E-state index < -0.39 is 6.37 Å². The van der Waals surface area contributed by atoms with Gasteiger partial charge in [-0.15, -0.1) is 11.8 Å². The molecule has 2 heteroatoms. The van der Waals surface area contributed by atoms with E-state index in [9.17, 15) is 0 Å². The fourth-order valence-electron chi connectivity index (χ4n) is 2.58. The molecule has 0 aromatic rings. The van der Waals surface area contributed by atoms with Gasteiger partial charge < -0.3 is 9.47 Å². The van der Waals surface area contributed by atoms with Crippen LogP contribution in [0.15, 0.2) is 0 Å². The first-order valence-corrected chi connectivity index (χ1v) is 9.72. The average molecular weight is 345 g/mol. The van der Waals surface area contributed by atoms with Crippen LogP contribution in [0.25, 0.3) is 0 Å². The summed E-state index contributed by atoms with van der Waals surface area (Å²) in [4.78, 5) is 0. The summed E-state index contributed by atoms with van der Waals surface area (Å²) in [6.07, 6.45) is 11.3. The van der Waals surface area contributed by atoms with Gasteiger partial charge in [0, 0.05) is 28.7 Å². The standard InChI is InChI=1S/C23H34O2/c1-2-3-4-5-6-7-8-9-10-11-12-13-14-15-16-18-21-24-23-20-17-19-22-25-23/h23H,2,5,8,11-22H2,1H3/i2D2. The largest absolute Gasteiger partial charge is 0.353 e. The lowest BCUT2D eigenvalue weighted by atomic mass is 10.1. The number of rotatable bonds is 9. The maximum atomic E-state index is 7.27. The summed E-state index contributed by atoms with van der Waals surface area (Å²) >= 11 is 0. The second-order valence-electron chi connectivity index (χ2n) is 6.15. The zero-order valence-electron chi connectivity index (χ0n) is 17.8. The molecule has 2 nitrogen and oxygen atoms in total. The molecule has 1 rings (SSSR count). The van der Waals surface area contributed by atoms with Crippen LogP contribution in [0.3, 0.4) is 0 Å². The van der Waals surface area contributed by atoms with Crippen LogP contribution in [0.4, 0.5) is 0 Å². The molecule has 1 aliphatic rings. The Morgan fingerprint density at radius 2 is 1.56 bits per heavy atom. The van der Waals surface area contributed by atoms with Gasteiger partial charge in [-0.1, -0.05) is 56.3 Å². The second-order valence-corrected chi connectivity index (χ2v) is 6.15. The third-order valence-corrected chi connectivity index (χ3v) is 3.95. The van der Waals surface area contributed by atoms with Gasteiger partial charge in [-0.2, -0.15) is 0 Å². The van der Waals surface area contributed by atoms with Gasteiger partial charge in [0.25, 0.3) is 0 Å². The van der Waals surface area contributed by atoms with E-state index in [1.165, 1.54) is 45.4 Å². The molecule has 0 aromatic carbocycles. The Labute approximate surface area is 158 Å². The Morgan fingerprint density at radius 3 is 2.28 bits per heavy atom. The maximum absolute atomic E-state index is 7.27. The van der Waals surface area contributed by atoms with E-state index >= 15 is 0 Å². The minimum Gasteiger partial charge on any atom is -0.353 e. The molecule has 1 saturated heterocycles. The number of hydrogen-bond donors (Lipinski definition) is 0. The molecule has 0 spiro atoms. The molecule has 0 aromatic heterocycles. The summed E-state index contributed by atoms with van der Waals surface area (Å²) in [6.45, 7) is 3.13. The summed E-state index contributed by atoms with van der Waals surface area (Å²) < 4.78 is 25.8. The van der Waals surface area contributed by atoms with Crippen LogP contribution in [0, 0.1) is 35.5 Å². The smallest absolute Gasteiger partial charge is 0.157 e. The van der Waals surface area contributed by atoms with Gasteiger partial charge in [0.15, 0.2) is 6.29 Å². The summed E-state index contributed by atoms with van der Waals surface area (Å²) in [5, 5.41) is 0. The average Bonchev–Trinajstić information content (AvgIpc) is 2.64. The molecule has 1 aliphatic heterocycles. The van der Waals surface area contributed by atoms with E-state index in [4.69, 9.17) is 12.2 Å². The van der Waals surface area contributed by atoms with E-state index in [0.717, 1.165) is 38.9 Å². The molecule has 0 radical (unpaired) electrons. The zero-order valence-corrected chi connectivity index (χ0v) is 15.8. The topological polar surface area (TPSA) is 18.5 Å². The van der Waals surface area contributed by atoms with Gasteiger partial charge in [-0.25, -0.2) is 0 Å². The maximum Gasteiger partial charge on any atom is 0.157 e. The molecule has 0 N–H and O–H groups in total. The van der Waals surface area contributed by atoms with Crippen molar-refractivity contribution < 1.29 is 12.2 Å². The zero-order chi connectivity index (χ0) is 19.6. The molecule has 0 bridgehead atoms. The second kappa shape index (κ2) is 17.4. The lowest BCUT2D eigenvalue weighted by Crippen LogP contribution is -2.22. The summed E-state index contributed by atoms with van der Waals surface area (Å²) in [6, 6.07) is 0. The summed E-state index contributed by atoms with van der Waals surface area (Å²) in [5.41, 5.74) is 0. The van der Waals surface area contributed by atoms with Gasteiger partial charge in [0.2, 0.25) is 0 Å². The van der Waals surface area contributed by atoms with Crippen LogP contribution in [-0.4, -0.2) is 19.5 Å². The Bertz CT molecular complexity index is 555. The molecule has 138 valence electrons. The van der Waals surface area contributed by atoms with Crippen LogP contribution in [0.1, 0.15) is 93.1 Å². The monoisotopic (exact) mass is 344 g/mol. The highest BCUT2D eigenvalue weighted by molar-refractivity contribution is 5.15. The number of ether oxygens (including phenoxy) is 2. The van der Waals surface area contributed by atoms with Crippen LogP contribution < -0.4 is 0 Å². The third kappa shape index (κ3) is 14.6. The van der Waals surface area contributed by atoms with Crippen molar-refractivity contribution in [2.75, 3.05) is 13.2 Å². The van der Waals surface area contributed by atoms with Gasteiger partial charge in [0.05, 0.1) is 12.8 Å². The lowest BCUT2D eigenvalue weighted by molar-refractivity contribution is -0.162. The van der Waals surface area contributed by atoms with Crippen LogP contribution >= 0.6 is 0 Å². The first-order valence-electron chi connectivity index (χ1n) is 10.7. The van der Waals surface area contributed by atoms with Crippen molar-refractivity contribution in [1.29, 1.82) is 0 Å². The number of unbranched alkanes of at least 4 members (excludes halogenated alkanes) is 6. The van der Waals surface area contributed by atoms with Crippen molar-refractivity contribution in [3.05, 3.63) is 0 Å². The predicted octanol–water partition coefficient (Wildman–Crippen LogP) is 5.46. The minimum atomic E-state index is -1.43. The third-order valence-electron chi connectivity index (χ3n) is 3.95. The van der Waals surface area contributed by atoms with Crippen molar-refractivity contribution in [3.8, 4) is 35.5 Å². The van der Waals surface area contributed by atoms with Crippen molar-refractivity contribution in [2.24, 2.45) is 0 Å². The molecule has 25 heavy (non-hydrogen) atoms. The molecule has 1 fully saturated rings. The summed E-state index contributed by atoms with van der Waals surface area (Å²) in [5.74, 6) is 17.3. The Balaban J connectivity index is 1.85. The Kier molecular flexibility index (Phi) is 12.8. The predicted molar refractivity (Wildman–Crippen MR) is 105 cm³/mol. The molecule has 0 aliphatic carbocycles. The highest BCUT2D eigenvalue weighted by Gasteiger charge is 2.13. The van der Waals surface area contributed by atoms with Gasteiger partial charge in [0.1, 0.15) is 0 Å². The Morgan fingerprint density at radius 1 is 0.880 bits per heavy atom. The first kappa shape index (κ1) is 18.4. The molecular formula is C23H34O2. The minimum absolute atomic E-state index is 0.0530. The molecule has 1 atom stereocenters. The molecular weight excluding hydrogens is 308 g/mol. The van der Waals surface area contributed by atoms with Crippen molar-refractivity contribution in [2.45, 2.75) is 96.6 Å². The fourth-order valence-corrected chi connectivity index (χ4v) is 2.58. The van der Waals surface area contributed by atoms with E-state index in [0.29, 0.717) is 12.8 Å². The quantitative estimate of drug-likeness (QED) is 0.408. The van der Waals surface area contributed by atoms with E-state index in [-0.39, 0.29) is 6.29 Å². The van der Waals surface area contributed by atoms with Gasteiger partial charge >= 0.3 is 0 Å². The SMILES string of the molecule is [2H]C([2H])(C)C#CCC#CCC#CCCCCCCCCOC1CCCCO1. The summed E-state index contributed by atoms with van der Waals surface area (Å²) in [7, 11) is 0. The van der Waals surface area contributed by atoms with Gasteiger partial charge in [-0.05, 0) is 32.1 Å². The Hall–Kier alpha value is -1.40. The van der Waals surface area contributed by atoms with Crippen LogP contribution in [0.2, 0.25) is 0 Å². The van der Waals surface area contributed by atoms with Crippen molar-refractivity contribution in [3.63, 3.8) is 0 Å². The van der Waals surface area contributed by atoms with Gasteiger partial charge in [-0.3, -0.25) is 0 Å². The molecule has 1 heterocycles. The van der Waals surface area contributed by atoms with Crippen LogP contribution in [-0.2, 0) is 9.47 Å². The fraction of sp³-hybridized carbons (Fsp3) is 0.739. The molecule has 0 amide bonds. The highest BCUT2D eigenvalue weighted by Crippen LogP contribution is 2.14. The van der Waals surface area contributed by atoms with Crippen LogP contribution in [0.5, 0.6) is 0 Å². The van der Waals surface area contributed by atoms with E-state index in [1.54, 1.807) is 0 Å². The lowest BCUT2D eigenvalue weighted by Gasteiger charge is -2.22. The molecule has 1 unspecified atom stereocenters. The normalized spacial score (nSPS) is 17.7.